The summed E-state index contributed by atoms with van der Waals surface area (Å²) in [5, 5.41) is -0.375. The lowest BCUT2D eigenvalue weighted by atomic mass is 10.1. The lowest BCUT2D eigenvalue weighted by molar-refractivity contribution is -0.137. The maximum absolute atomic E-state index is 12.6. The molecule has 0 atom stereocenters. The van der Waals surface area contributed by atoms with Crippen LogP contribution in [0.2, 0.25) is 5.02 Å². The molecular weight excluding hydrogens is 358 g/mol. The quantitative estimate of drug-likeness (QED) is 0.775. The third kappa shape index (κ3) is 3.43. The van der Waals surface area contributed by atoms with Crippen LogP contribution in [-0.4, -0.2) is 4.57 Å². The molecule has 0 saturated carbocycles. The van der Waals surface area contributed by atoms with Crippen LogP contribution in [0.5, 0.6) is 0 Å². The average molecular weight is 367 g/mol. The molecular formula is C13H8BrClF3NO. The van der Waals surface area contributed by atoms with Gasteiger partial charge in [0.15, 0.2) is 0 Å². The highest BCUT2D eigenvalue weighted by molar-refractivity contribution is 9.10. The Labute approximate surface area is 125 Å². The van der Waals surface area contributed by atoms with Crippen LogP contribution in [-0.2, 0) is 12.7 Å². The first-order valence-corrected chi connectivity index (χ1v) is 6.66. The molecule has 0 spiro atoms. The standard InChI is InChI=1S/C13H8BrClF3NO/c14-9-3-4-19(12(20)6-9)7-8-1-2-10(11(15)5-8)13(16,17)18/h1-6H,7H2. The molecule has 0 radical (unpaired) electrons. The minimum absolute atomic E-state index is 0.157. The van der Waals surface area contributed by atoms with Gasteiger partial charge >= 0.3 is 6.18 Å². The zero-order chi connectivity index (χ0) is 14.9. The van der Waals surface area contributed by atoms with Gasteiger partial charge in [-0.2, -0.15) is 13.2 Å². The molecule has 7 heteroatoms. The fraction of sp³-hybridized carbons (Fsp3) is 0.154. The molecule has 0 aliphatic carbocycles. The van der Waals surface area contributed by atoms with Crippen LogP contribution < -0.4 is 5.56 Å². The lowest BCUT2D eigenvalue weighted by Gasteiger charge is -2.11. The zero-order valence-corrected chi connectivity index (χ0v) is 12.3. The molecule has 0 saturated heterocycles. The largest absolute Gasteiger partial charge is 0.417 e. The van der Waals surface area contributed by atoms with Crippen LogP contribution in [0.1, 0.15) is 11.1 Å². The number of hydrogen-bond acceptors (Lipinski definition) is 1. The van der Waals surface area contributed by atoms with Crippen LogP contribution >= 0.6 is 27.5 Å². The number of halogens is 5. The number of pyridine rings is 1. The van der Waals surface area contributed by atoms with E-state index in [4.69, 9.17) is 11.6 Å². The Kier molecular flexibility index (Phi) is 4.25. The van der Waals surface area contributed by atoms with Gasteiger partial charge in [-0.05, 0) is 23.8 Å². The summed E-state index contributed by atoms with van der Waals surface area (Å²) in [6, 6.07) is 6.50. The molecule has 0 fully saturated rings. The van der Waals surface area contributed by atoms with Gasteiger partial charge in [0.05, 0.1) is 17.1 Å². The van der Waals surface area contributed by atoms with E-state index in [9.17, 15) is 18.0 Å². The minimum atomic E-state index is -4.48. The number of benzene rings is 1. The van der Waals surface area contributed by atoms with Crippen molar-refractivity contribution in [1.29, 1.82) is 0 Å². The highest BCUT2D eigenvalue weighted by Crippen LogP contribution is 2.34. The van der Waals surface area contributed by atoms with Crippen molar-refractivity contribution >= 4 is 27.5 Å². The SMILES string of the molecule is O=c1cc(Br)ccn1Cc1ccc(C(F)(F)F)c(Cl)c1. The highest BCUT2D eigenvalue weighted by Gasteiger charge is 2.32. The van der Waals surface area contributed by atoms with E-state index in [1.54, 1.807) is 12.3 Å². The first kappa shape index (κ1) is 15.1. The second kappa shape index (κ2) is 5.61. The van der Waals surface area contributed by atoms with Crippen molar-refractivity contribution in [1.82, 2.24) is 4.57 Å². The summed E-state index contributed by atoms with van der Waals surface area (Å²) < 4.78 is 39.7. The fourth-order valence-electron chi connectivity index (χ4n) is 1.70. The van der Waals surface area contributed by atoms with Gasteiger partial charge in [-0.15, -0.1) is 0 Å². The van der Waals surface area contributed by atoms with Crippen molar-refractivity contribution in [2.75, 3.05) is 0 Å². The molecule has 0 aliphatic heterocycles. The average Bonchev–Trinajstić information content (AvgIpc) is 2.31. The topological polar surface area (TPSA) is 22.0 Å². The third-order valence-corrected chi connectivity index (χ3v) is 3.46. The molecule has 0 bridgehead atoms. The van der Waals surface area contributed by atoms with Crippen molar-refractivity contribution in [3.8, 4) is 0 Å². The predicted molar refractivity (Wildman–Crippen MR) is 74.0 cm³/mol. The molecule has 1 aromatic heterocycles. The minimum Gasteiger partial charge on any atom is -0.311 e. The van der Waals surface area contributed by atoms with Gasteiger partial charge in [0.1, 0.15) is 0 Å². The van der Waals surface area contributed by atoms with Crippen molar-refractivity contribution in [2.45, 2.75) is 12.7 Å². The number of rotatable bonds is 2. The summed E-state index contributed by atoms with van der Waals surface area (Å²) in [5.41, 5.74) is -0.617. The second-order valence-electron chi connectivity index (χ2n) is 4.12. The van der Waals surface area contributed by atoms with Gasteiger partial charge in [-0.25, -0.2) is 0 Å². The first-order chi connectivity index (χ1) is 9.27. The van der Waals surface area contributed by atoms with Crippen LogP contribution in [0.3, 0.4) is 0 Å². The Bertz CT molecular complexity index is 697. The van der Waals surface area contributed by atoms with E-state index >= 15 is 0 Å². The monoisotopic (exact) mass is 365 g/mol. The molecule has 0 unspecified atom stereocenters. The number of nitrogens with zero attached hydrogens (tertiary/aromatic N) is 1. The van der Waals surface area contributed by atoms with E-state index in [0.717, 1.165) is 6.07 Å². The Balaban J connectivity index is 2.31. The summed E-state index contributed by atoms with van der Waals surface area (Å²) in [6.07, 6.45) is -2.93. The van der Waals surface area contributed by atoms with Crippen LogP contribution in [0.15, 0.2) is 45.8 Å². The molecule has 0 aliphatic rings. The second-order valence-corrected chi connectivity index (χ2v) is 5.45. The van der Waals surface area contributed by atoms with Crippen LogP contribution in [0.25, 0.3) is 0 Å². The molecule has 0 amide bonds. The highest BCUT2D eigenvalue weighted by atomic mass is 79.9. The van der Waals surface area contributed by atoms with Gasteiger partial charge in [0.25, 0.3) is 5.56 Å². The first-order valence-electron chi connectivity index (χ1n) is 5.49. The summed E-state index contributed by atoms with van der Waals surface area (Å²) in [4.78, 5) is 11.7. The Morgan fingerprint density at radius 1 is 1.20 bits per heavy atom. The third-order valence-electron chi connectivity index (χ3n) is 2.65. The molecule has 2 nitrogen and oxygen atoms in total. The molecule has 106 valence electrons. The van der Waals surface area contributed by atoms with Crippen molar-refractivity contribution in [3.05, 3.63) is 67.5 Å². The van der Waals surface area contributed by atoms with Crippen molar-refractivity contribution < 1.29 is 13.2 Å². The maximum atomic E-state index is 12.6. The van der Waals surface area contributed by atoms with Gasteiger partial charge in [0, 0.05) is 16.7 Å². The van der Waals surface area contributed by atoms with Gasteiger partial charge in [-0.3, -0.25) is 4.79 Å². The normalized spacial score (nSPS) is 11.7. The van der Waals surface area contributed by atoms with E-state index in [2.05, 4.69) is 15.9 Å². The van der Waals surface area contributed by atoms with Crippen LogP contribution in [0.4, 0.5) is 13.2 Å². The summed E-state index contributed by atoms with van der Waals surface area (Å²) in [6.45, 7) is 0.157. The zero-order valence-electron chi connectivity index (χ0n) is 9.92. The molecule has 1 aromatic carbocycles. The smallest absolute Gasteiger partial charge is 0.311 e. The number of aromatic nitrogens is 1. The summed E-state index contributed by atoms with van der Waals surface area (Å²) in [5.74, 6) is 0. The van der Waals surface area contributed by atoms with Gasteiger partial charge < -0.3 is 4.57 Å². The number of hydrogen-bond donors (Lipinski definition) is 0. The van der Waals surface area contributed by atoms with Gasteiger partial charge in [-0.1, -0.05) is 33.6 Å². The van der Waals surface area contributed by atoms with E-state index in [-0.39, 0.29) is 17.1 Å². The molecule has 20 heavy (non-hydrogen) atoms. The molecule has 2 rings (SSSR count). The Morgan fingerprint density at radius 2 is 1.90 bits per heavy atom. The molecule has 2 aromatic rings. The lowest BCUT2D eigenvalue weighted by Crippen LogP contribution is -2.19. The molecule has 0 N–H and O–H groups in total. The van der Waals surface area contributed by atoms with Crippen molar-refractivity contribution in [3.63, 3.8) is 0 Å². The van der Waals surface area contributed by atoms with E-state index in [0.29, 0.717) is 10.0 Å². The predicted octanol–water partition coefficient (Wildman–Crippen LogP) is 4.33. The Hall–Kier alpha value is -1.27. The summed E-state index contributed by atoms with van der Waals surface area (Å²) in [7, 11) is 0. The molecule has 1 heterocycles. The van der Waals surface area contributed by atoms with E-state index in [1.165, 1.54) is 22.8 Å². The van der Waals surface area contributed by atoms with E-state index < -0.39 is 11.7 Å². The Morgan fingerprint density at radius 3 is 2.45 bits per heavy atom. The van der Waals surface area contributed by atoms with Gasteiger partial charge in [0.2, 0.25) is 0 Å². The van der Waals surface area contributed by atoms with E-state index in [1.807, 2.05) is 0 Å². The summed E-state index contributed by atoms with van der Waals surface area (Å²) >= 11 is 8.80. The van der Waals surface area contributed by atoms with Crippen molar-refractivity contribution in [2.24, 2.45) is 0 Å². The maximum Gasteiger partial charge on any atom is 0.417 e. The number of alkyl halides is 3. The fourth-order valence-corrected chi connectivity index (χ4v) is 2.32. The van der Waals surface area contributed by atoms with Crippen LogP contribution in [0, 0.1) is 0 Å².